The van der Waals surface area contributed by atoms with Crippen molar-refractivity contribution in [1.82, 2.24) is 15.1 Å². The van der Waals surface area contributed by atoms with Crippen LogP contribution in [0.4, 0.5) is 0 Å². The smallest absolute Gasteiger partial charge is 0.257 e. The lowest BCUT2D eigenvalue weighted by Crippen LogP contribution is -2.57. The number of ether oxygens (including phenoxy) is 1. The van der Waals surface area contributed by atoms with Crippen LogP contribution in [0.1, 0.15) is 23.2 Å². The molecule has 1 unspecified atom stereocenters. The summed E-state index contributed by atoms with van der Waals surface area (Å²) in [7, 11) is 0. The Morgan fingerprint density at radius 2 is 1.82 bits per heavy atom. The fourth-order valence-corrected chi connectivity index (χ4v) is 3.92. The highest BCUT2D eigenvalue weighted by Crippen LogP contribution is 2.27. The minimum absolute atomic E-state index is 0.0428. The summed E-state index contributed by atoms with van der Waals surface area (Å²) in [5, 5.41) is 3.11. The molecule has 1 N–H and O–H groups in total. The highest BCUT2D eigenvalue weighted by molar-refractivity contribution is 5.97. The molecule has 2 aromatic rings. The van der Waals surface area contributed by atoms with E-state index in [4.69, 9.17) is 4.74 Å². The zero-order valence-electron chi connectivity index (χ0n) is 15.8. The highest BCUT2D eigenvalue weighted by atomic mass is 16.5. The summed E-state index contributed by atoms with van der Waals surface area (Å²) in [6.07, 6.45) is 1.84. The summed E-state index contributed by atoms with van der Waals surface area (Å²) in [5.41, 5.74) is 0.554. The largest absolute Gasteiger partial charge is 0.457 e. The van der Waals surface area contributed by atoms with Crippen LogP contribution in [0, 0.1) is 0 Å². The second-order valence-corrected chi connectivity index (χ2v) is 7.22. The van der Waals surface area contributed by atoms with Gasteiger partial charge in [0, 0.05) is 32.2 Å². The molecule has 2 fully saturated rings. The van der Waals surface area contributed by atoms with Crippen molar-refractivity contribution < 1.29 is 14.3 Å². The highest BCUT2D eigenvalue weighted by Gasteiger charge is 2.32. The van der Waals surface area contributed by atoms with Crippen LogP contribution in [-0.4, -0.2) is 60.4 Å². The van der Waals surface area contributed by atoms with Crippen LogP contribution < -0.4 is 10.1 Å². The van der Waals surface area contributed by atoms with E-state index >= 15 is 0 Å². The summed E-state index contributed by atoms with van der Waals surface area (Å²) in [4.78, 5) is 29.3. The lowest BCUT2D eigenvalue weighted by molar-refractivity contribution is -0.135. The first-order valence-electron chi connectivity index (χ1n) is 9.84. The second-order valence-electron chi connectivity index (χ2n) is 7.22. The van der Waals surface area contributed by atoms with Gasteiger partial charge in [-0.2, -0.15) is 0 Å². The van der Waals surface area contributed by atoms with Crippen LogP contribution in [-0.2, 0) is 4.79 Å². The first kappa shape index (κ1) is 18.5. The molecule has 0 aromatic heterocycles. The quantitative estimate of drug-likeness (QED) is 0.887. The van der Waals surface area contributed by atoms with Crippen molar-refractivity contribution in [1.29, 1.82) is 0 Å². The molecular weight excluding hydrogens is 354 g/mol. The van der Waals surface area contributed by atoms with Crippen molar-refractivity contribution in [2.75, 3.05) is 32.7 Å². The summed E-state index contributed by atoms with van der Waals surface area (Å²) < 4.78 is 5.96. The molecule has 2 saturated heterocycles. The van der Waals surface area contributed by atoms with Crippen molar-refractivity contribution in [3.05, 3.63) is 60.2 Å². The Morgan fingerprint density at radius 3 is 2.64 bits per heavy atom. The number of carbonyl (C=O) groups is 2. The molecule has 2 amide bonds. The van der Waals surface area contributed by atoms with E-state index < -0.39 is 0 Å². The van der Waals surface area contributed by atoms with Gasteiger partial charge in [0.2, 0.25) is 5.91 Å². The van der Waals surface area contributed by atoms with Gasteiger partial charge in [-0.25, -0.2) is 0 Å². The third kappa shape index (κ3) is 4.02. The van der Waals surface area contributed by atoms with Gasteiger partial charge in [0.25, 0.3) is 5.91 Å². The van der Waals surface area contributed by atoms with Gasteiger partial charge in [0.05, 0.1) is 12.1 Å². The van der Waals surface area contributed by atoms with Gasteiger partial charge >= 0.3 is 0 Å². The number of nitrogens with zero attached hydrogens (tertiary/aromatic N) is 2. The molecule has 2 heterocycles. The predicted octanol–water partition coefficient (Wildman–Crippen LogP) is 2.52. The Kier molecular flexibility index (Phi) is 5.58. The van der Waals surface area contributed by atoms with E-state index in [9.17, 15) is 9.59 Å². The minimum atomic E-state index is -0.0428. The predicted molar refractivity (Wildman–Crippen MR) is 106 cm³/mol. The van der Waals surface area contributed by atoms with Crippen molar-refractivity contribution in [3.8, 4) is 11.5 Å². The summed E-state index contributed by atoms with van der Waals surface area (Å²) in [6, 6.07) is 16.9. The molecule has 2 aliphatic rings. The molecule has 1 atom stereocenters. The number of hydrogen-bond donors (Lipinski definition) is 1. The number of carbonyl (C=O) groups excluding carboxylic acids is 2. The average Bonchev–Trinajstić information content (AvgIpc) is 2.75. The fraction of sp³-hybridized carbons (Fsp3) is 0.364. The molecule has 6 nitrogen and oxygen atoms in total. The van der Waals surface area contributed by atoms with Gasteiger partial charge in [-0.05, 0) is 37.1 Å². The van der Waals surface area contributed by atoms with Gasteiger partial charge in [-0.1, -0.05) is 30.3 Å². The van der Waals surface area contributed by atoms with E-state index in [1.807, 2.05) is 58.3 Å². The van der Waals surface area contributed by atoms with Crippen LogP contribution in [0.3, 0.4) is 0 Å². The van der Waals surface area contributed by atoms with Gasteiger partial charge in [-0.3, -0.25) is 9.59 Å². The molecule has 2 aromatic carbocycles. The molecule has 6 heteroatoms. The number of hydrogen-bond acceptors (Lipinski definition) is 4. The van der Waals surface area contributed by atoms with Crippen molar-refractivity contribution >= 4 is 11.8 Å². The third-order valence-corrected chi connectivity index (χ3v) is 5.34. The Bertz CT molecular complexity index is 840. The van der Waals surface area contributed by atoms with E-state index in [0.29, 0.717) is 43.2 Å². The molecular formula is C22H25N3O3. The number of nitrogens with one attached hydrogen (secondary N) is 1. The molecule has 0 aliphatic carbocycles. The lowest BCUT2D eigenvalue weighted by atomic mass is 10.0. The number of benzene rings is 2. The van der Waals surface area contributed by atoms with E-state index in [2.05, 4.69) is 5.32 Å². The SMILES string of the molecule is O=C(c1ccccc1Oc1ccccc1)N1CCCC(N2CCNCC2=O)C1. The number of piperazine rings is 1. The molecule has 4 rings (SSSR count). The van der Waals surface area contributed by atoms with Gasteiger partial charge < -0.3 is 19.9 Å². The van der Waals surface area contributed by atoms with Crippen LogP contribution >= 0.6 is 0 Å². The van der Waals surface area contributed by atoms with Crippen molar-refractivity contribution in [3.63, 3.8) is 0 Å². The zero-order chi connectivity index (χ0) is 19.3. The van der Waals surface area contributed by atoms with E-state index in [1.54, 1.807) is 6.07 Å². The van der Waals surface area contributed by atoms with Gasteiger partial charge in [0.15, 0.2) is 0 Å². The molecule has 0 spiro atoms. The number of para-hydroxylation sites is 2. The molecule has 0 bridgehead atoms. The van der Waals surface area contributed by atoms with Gasteiger partial charge in [-0.15, -0.1) is 0 Å². The Morgan fingerprint density at radius 1 is 1.04 bits per heavy atom. The minimum Gasteiger partial charge on any atom is -0.457 e. The molecule has 146 valence electrons. The van der Waals surface area contributed by atoms with Crippen LogP contribution in [0.5, 0.6) is 11.5 Å². The topological polar surface area (TPSA) is 61.9 Å². The Hall–Kier alpha value is -2.86. The molecule has 28 heavy (non-hydrogen) atoms. The first-order chi connectivity index (χ1) is 13.7. The maximum absolute atomic E-state index is 13.3. The Labute approximate surface area is 165 Å². The summed E-state index contributed by atoms with van der Waals surface area (Å²) >= 11 is 0. The lowest BCUT2D eigenvalue weighted by Gasteiger charge is -2.41. The third-order valence-electron chi connectivity index (χ3n) is 5.34. The summed E-state index contributed by atoms with van der Waals surface area (Å²) in [5.74, 6) is 1.34. The van der Waals surface area contributed by atoms with Crippen LogP contribution in [0.2, 0.25) is 0 Å². The second kappa shape index (κ2) is 8.44. The molecule has 2 aliphatic heterocycles. The zero-order valence-corrected chi connectivity index (χ0v) is 15.8. The monoisotopic (exact) mass is 379 g/mol. The van der Waals surface area contributed by atoms with Gasteiger partial charge in [0.1, 0.15) is 11.5 Å². The maximum atomic E-state index is 13.3. The molecule has 0 saturated carbocycles. The average molecular weight is 379 g/mol. The van der Waals surface area contributed by atoms with E-state index in [-0.39, 0.29) is 17.9 Å². The van der Waals surface area contributed by atoms with Crippen molar-refractivity contribution in [2.24, 2.45) is 0 Å². The first-order valence-corrected chi connectivity index (χ1v) is 9.84. The summed E-state index contributed by atoms with van der Waals surface area (Å²) in [6.45, 7) is 3.18. The van der Waals surface area contributed by atoms with Crippen LogP contribution in [0.25, 0.3) is 0 Å². The number of rotatable bonds is 4. The fourth-order valence-electron chi connectivity index (χ4n) is 3.92. The van der Waals surface area contributed by atoms with E-state index in [1.165, 1.54) is 0 Å². The van der Waals surface area contributed by atoms with E-state index in [0.717, 1.165) is 19.4 Å². The maximum Gasteiger partial charge on any atom is 0.257 e. The Balaban J connectivity index is 1.50. The van der Waals surface area contributed by atoms with Crippen LogP contribution in [0.15, 0.2) is 54.6 Å². The number of amides is 2. The normalized spacial score (nSPS) is 20.1. The number of piperidine rings is 1. The van der Waals surface area contributed by atoms with Crippen molar-refractivity contribution in [2.45, 2.75) is 18.9 Å². The number of likely N-dealkylation sites (tertiary alicyclic amines) is 1. The molecule has 0 radical (unpaired) electrons. The standard InChI is InChI=1S/C22H25N3O3/c26-21-15-23-12-14-25(21)17-7-6-13-24(16-17)22(27)19-10-4-5-11-20(19)28-18-8-2-1-3-9-18/h1-5,8-11,17,23H,6-7,12-16H2.